The van der Waals surface area contributed by atoms with Crippen molar-refractivity contribution >= 4 is 45.0 Å². The number of hydrogen-bond acceptors (Lipinski definition) is 7. The van der Waals surface area contributed by atoms with Crippen LogP contribution in [0.15, 0.2) is 12.3 Å². The average molecular weight is 371 g/mol. The number of carbonyl (C=O) groups excluding carboxylic acids is 1. The van der Waals surface area contributed by atoms with Crippen LogP contribution in [0.4, 0.5) is 17.6 Å². The fourth-order valence-corrected chi connectivity index (χ4v) is 4.53. The number of primary amides is 1. The molecular weight excluding hydrogens is 350 g/mol. The highest BCUT2D eigenvalue weighted by atomic mass is 32.1. The highest BCUT2D eigenvalue weighted by Crippen LogP contribution is 2.39. The van der Waals surface area contributed by atoms with Crippen LogP contribution in [0.25, 0.3) is 10.2 Å². The van der Waals surface area contributed by atoms with Crippen LogP contribution in [0.2, 0.25) is 0 Å². The van der Waals surface area contributed by atoms with E-state index in [1.807, 2.05) is 16.9 Å². The number of aromatic nitrogens is 4. The Balaban J connectivity index is 1.68. The van der Waals surface area contributed by atoms with Gasteiger partial charge in [0.05, 0.1) is 5.39 Å². The van der Waals surface area contributed by atoms with E-state index in [1.165, 1.54) is 4.88 Å². The lowest BCUT2D eigenvalue weighted by atomic mass is 9.87. The zero-order chi connectivity index (χ0) is 18.4. The van der Waals surface area contributed by atoms with Crippen molar-refractivity contribution in [2.24, 2.45) is 11.7 Å². The third-order valence-corrected chi connectivity index (χ3v) is 5.90. The van der Waals surface area contributed by atoms with Gasteiger partial charge in [0.25, 0.3) is 0 Å². The van der Waals surface area contributed by atoms with Crippen molar-refractivity contribution in [3.8, 4) is 0 Å². The largest absolute Gasteiger partial charge is 0.383 e. The number of carbonyl (C=O) groups is 1. The van der Waals surface area contributed by atoms with E-state index >= 15 is 0 Å². The summed E-state index contributed by atoms with van der Waals surface area (Å²) in [4.78, 5) is 22.6. The lowest BCUT2D eigenvalue weighted by Gasteiger charge is -2.19. The van der Waals surface area contributed by atoms with Crippen LogP contribution in [0.3, 0.4) is 0 Å². The minimum Gasteiger partial charge on any atom is -0.383 e. The summed E-state index contributed by atoms with van der Waals surface area (Å²) >= 11 is 1.61. The summed E-state index contributed by atoms with van der Waals surface area (Å²) in [6, 6.07) is 2.15. The highest BCUT2D eigenvalue weighted by Gasteiger charge is 2.28. The van der Waals surface area contributed by atoms with Gasteiger partial charge in [-0.15, -0.1) is 11.3 Å². The zero-order valence-electron chi connectivity index (χ0n) is 14.7. The van der Waals surface area contributed by atoms with E-state index in [9.17, 15) is 4.79 Å². The first-order valence-corrected chi connectivity index (χ1v) is 9.43. The summed E-state index contributed by atoms with van der Waals surface area (Å²) in [5.41, 5.74) is 12.8. The molecule has 0 aromatic carbocycles. The van der Waals surface area contributed by atoms with Crippen molar-refractivity contribution in [3.05, 3.63) is 22.7 Å². The van der Waals surface area contributed by atoms with E-state index in [1.54, 1.807) is 11.3 Å². The van der Waals surface area contributed by atoms with Gasteiger partial charge in [-0.1, -0.05) is 0 Å². The molecule has 0 aliphatic heterocycles. The molecule has 136 valence electrons. The Bertz CT molecular complexity index is 991. The molecule has 26 heavy (non-hydrogen) atoms. The van der Waals surface area contributed by atoms with Crippen molar-refractivity contribution in [1.29, 1.82) is 0 Å². The van der Waals surface area contributed by atoms with E-state index in [0.29, 0.717) is 24.0 Å². The van der Waals surface area contributed by atoms with E-state index < -0.39 is 0 Å². The maximum atomic E-state index is 11.6. The molecule has 1 aliphatic rings. The first-order valence-electron chi connectivity index (χ1n) is 8.61. The fourth-order valence-electron chi connectivity index (χ4n) is 3.31. The molecule has 1 amide bonds. The van der Waals surface area contributed by atoms with Gasteiger partial charge in [-0.05, 0) is 38.7 Å². The van der Waals surface area contributed by atoms with Gasteiger partial charge in [-0.3, -0.25) is 9.48 Å². The van der Waals surface area contributed by atoms with Crippen molar-refractivity contribution in [2.45, 2.75) is 39.2 Å². The van der Waals surface area contributed by atoms with Crippen LogP contribution in [-0.4, -0.2) is 25.7 Å². The van der Waals surface area contributed by atoms with Crippen LogP contribution in [0.1, 0.15) is 36.8 Å². The molecule has 5 N–H and O–H groups in total. The number of nitrogens with two attached hydrogens (primary N) is 2. The van der Waals surface area contributed by atoms with Gasteiger partial charge >= 0.3 is 0 Å². The lowest BCUT2D eigenvalue weighted by molar-refractivity contribution is -0.122. The van der Waals surface area contributed by atoms with E-state index in [2.05, 4.69) is 34.2 Å². The number of thiophene rings is 1. The van der Waals surface area contributed by atoms with Gasteiger partial charge in [-0.2, -0.15) is 10.1 Å². The molecule has 3 aromatic rings. The van der Waals surface area contributed by atoms with E-state index in [-0.39, 0.29) is 17.9 Å². The summed E-state index contributed by atoms with van der Waals surface area (Å²) in [5.74, 6) is 1.12. The molecule has 0 saturated heterocycles. The van der Waals surface area contributed by atoms with Gasteiger partial charge in [0.2, 0.25) is 11.9 Å². The smallest absolute Gasteiger partial charge is 0.231 e. The Hall–Kier alpha value is -2.68. The first-order chi connectivity index (χ1) is 12.4. The number of nitrogens with zero attached hydrogens (tertiary/aromatic N) is 4. The van der Waals surface area contributed by atoms with Gasteiger partial charge in [0.15, 0.2) is 5.82 Å². The first kappa shape index (κ1) is 16.8. The molecule has 0 spiro atoms. The maximum Gasteiger partial charge on any atom is 0.231 e. The molecule has 9 heteroatoms. The number of hydrogen-bond donors (Lipinski definition) is 3. The molecule has 8 nitrogen and oxygen atoms in total. The maximum absolute atomic E-state index is 11.6. The van der Waals surface area contributed by atoms with Crippen LogP contribution >= 0.6 is 11.3 Å². The number of nitrogen functional groups attached to an aromatic ring is 1. The van der Waals surface area contributed by atoms with Gasteiger partial charge in [0, 0.05) is 29.1 Å². The normalized spacial score (nSPS) is 16.8. The Morgan fingerprint density at radius 1 is 1.42 bits per heavy atom. The fraction of sp³-hybridized carbons (Fsp3) is 0.412. The third-order valence-electron chi connectivity index (χ3n) is 4.71. The third kappa shape index (κ3) is 2.88. The van der Waals surface area contributed by atoms with Crippen molar-refractivity contribution in [1.82, 2.24) is 19.7 Å². The van der Waals surface area contributed by atoms with E-state index in [4.69, 9.17) is 11.5 Å². The average Bonchev–Trinajstić information content (AvgIpc) is 3.18. The summed E-state index contributed by atoms with van der Waals surface area (Å²) in [5, 5.41) is 8.42. The van der Waals surface area contributed by atoms with E-state index in [0.717, 1.165) is 28.6 Å². The number of rotatable bonds is 4. The molecule has 1 atom stereocenters. The summed E-state index contributed by atoms with van der Waals surface area (Å²) < 4.78 is 1.86. The molecule has 0 saturated carbocycles. The van der Waals surface area contributed by atoms with Crippen LogP contribution in [-0.2, 0) is 17.6 Å². The minimum atomic E-state index is -0.256. The van der Waals surface area contributed by atoms with Gasteiger partial charge in [0.1, 0.15) is 10.6 Å². The number of anilines is 3. The standard InChI is InChI=1S/C17H21N7OS/c1-8(2)24-6-5-12(23-24)20-17-21-14(18)13-10-7-9(15(19)25)3-4-11(10)26-16(13)22-17/h5-6,8-9H,3-4,7H2,1-2H3,(H2,19,25)(H3,18,20,21,22,23). The zero-order valence-corrected chi connectivity index (χ0v) is 15.5. The summed E-state index contributed by atoms with van der Waals surface area (Å²) in [6.07, 6.45) is 4.12. The predicted molar refractivity (Wildman–Crippen MR) is 102 cm³/mol. The number of nitrogens with one attached hydrogen (secondary N) is 1. The summed E-state index contributed by atoms with van der Waals surface area (Å²) in [6.45, 7) is 4.12. The molecule has 0 fully saturated rings. The minimum absolute atomic E-state index is 0.141. The lowest BCUT2D eigenvalue weighted by Crippen LogP contribution is -2.28. The molecule has 3 aromatic heterocycles. The number of amides is 1. The van der Waals surface area contributed by atoms with Crippen LogP contribution in [0.5, 0.6) is 0 Å². The second-order valence-corrected chi connectivity index (χ2v) is 7.94. The van der Waals surface area contributed by atoms with Gasteiger partial charge < -0.3 is 16.8 Å². The Morgan fingerprint density at radius 2 is 2.23 bits per heavy atom. The monoisotopic (exact) mass is 371 g/mol. The van der Waals surface area contributed by atoms with Crippen molar-refractivity contribution in [3.63, 3.8) is 0 Å². The number of aryl methyl sites for hydroxylation is 1. The second kappa shape index (κ2) is 6.24. The quantitative estimate of drug-likeness (QED) is 0.647. The Morgan fingerprint density at radius 3 is 2.92 bits per heavy atom. The molecule has 1 unspecified atom stereocenters. The molecular formula is C17H21N7OS. The van der Waals surface area contributed by atoms with Crippen molar-refractivity contribution < 1.29 is 4.79 Å². The van der Waals surface area contributed by atoms with Crippen LogP contribution < -0.4 is 16.8 Å². The van der Waals surface area contributed by atoms with Gasteiger partial charge in [-0.25, -0.2) is 4.98 Å². The molecule has 4 rings (SSSR count). The molecule has 0 radical (unpaired) electrons. The SMILES string of the molecule is CC(C)n1ccc(Nc2nc(N)c3c4c(sc3n2)CCC(C(N)=O)C4)n1. The second-order valence-electron chi connectivity index (χ2n) is 6.86. The van der Waals surface area contributed by atoms with Crippen LogP contribution in [0, 0.1) is 5.92 Å². The molecule has 3 heterocycles. The van der Waals surface area contributed by atoms with Crippen molar-refractivity contribution in [2.75, 3.05) is 11.1 Å². The topological polar surface area (TPSA) is 125 Å². The molecule has 0 bridgehead atoms. The molecule has 1 aliphatic carbocycles. The predicted octanol–water partition coefficient (Wildman–Crippen LogP) is 2.38. The summed E-state index contributed by atoms with van der Waals surface area (Å²) in [7, 11) is 0. The highest BCUT2D eigenvalue weighted by molar-refractivity contribution is 7.19. The Kier molecular flexibility index (Phi) is 4.03. The number of fused-ring (bicyclic) bond motifs is 3. The Labute approximate surface area is 154 Å².